The van der Waals surface area contributed by atoms with E-state index in [4.69, 9.17) is 5.73 Å². The van der Waals surface area contributed by atoms with Gasteiger partial charge in [0, 0.05) is 24.8 Å². The molecule has 3 unspecified atom stereocenters. The van der Waals surface area contributed by atoms with E-state index in [1.807, 2.05) is 30.3 Å². The van der Waals surface area contributed by atoms with Gasteiger partial charge in [0.25, 0.3) is 5.91 Å². The van der Waals surface area contributed by atoms with Gasteiger partial charge in [-0.25, -0.2) is 0 Å². The zero-order chi connectivity index (χ0) is 40.8. The number of carbonyl (C=O) groups is 5. The second-order valence-corrected chi connectivity index (χ2v) is 13.7. The van der Waals surface area contributed by atoms with Gasteiger partial charge in [-0.1, -0.05) is 117 Å². The van der Waals surface area contributed by atoms with Crippen molar-refractivity contribution in [2.75, 3.05) is 0 Å². The molecule has 0 saturated heterocycles. The van der Waals surface area contributed by atoms with Gasteiger partial charge >= 0.3 is 6.18 Å². The average molecular weight is 774 g/mol. The molecule has 0 radical (unpaired) electrons. The van der Waals surface area contributed by atoms with Crippen LogP contribution in [0.4, 0.5) is 13.2 Å². The van der Waals surface area contributed by atoms with Crippen LogP contribution in [0, 0.1) is 5.92 Å². The van der Waals surface area contributed by atoms with E-state index >= 15 is 0 Å². The zero-order valence-corrected chi connectivity index (χ0v) is 31.0. The first-order valence-corrected chi connectivity index (χ1v) is 18.1. The number of alkyl halides is 3. The minimum Gasteiger partial charge on any atom is -0.382 e. The predicted octanol–water partition coefficient (Wildman–Crippen LogP) is 4.24. The first kappa shape index (κ1) is 42.7. The SMILES string of the molecule is CC(C)[C@H](NC(=O)c1ccc(-c2ccccc2)cc1)C(=O)NC(Cc1ccccc1)C(=O)N[C@@H](Cc1ccccc1)C(=O)NC(CCC(N)=O)C(O)C(F)(F)F. The summed E-state index contributed by atoms with van der Waals surface area (Å²) in [7, 11) is 0. The van der Waals surface area contributed by atoms with Crippen LogP contribution >= 0.6 is 0 Å². The number of nitrogens with one attached hydrogen (secondary N) is 4. The maximum absolute atomic E-state index is 14.1. The number of hydrogen-bond acceptors (Lipinski definition) is 6. The molecule has 4 rings (SSSR count). The molecule has 56 heavy (non-hydrogen) atoms. The molecule has 0 saturated carbocycles. The molecule has 0 aromatic heterocycles. The molecule has 0 bridgehead atoms. The van der Waals surface area contributed by atoms with E-state index in [1.54, 1.807) is 98.8 Å². The molecule has 0 aliphatic carbocycles. The lowest BCUT2D eigenvalue weighted by Crippen LogP contribution is -2.60. The predicted molar refractivity (Wildman–Crippen MR) is 205 cm³/mol. The van der Waals surface area contributed by atoms with Crippen LogP contribution in [0.25, 0.3) is 11.1 Å². The van der Waals surface area contributed by atoms with Gasteiger partial charge in [-0.2, -0.15) is 13.2 Å². The summed E-state index contributed by atoms with van der Waals surface area (Å²) < 4.78 is 40.8. The minimum absolute atomic E-state index is 0.0498. The van der Waals surface area contributed by atoms with Crippen molar-refractivity contribution >= 4 is 29.5 Å². The Morgan fingerprint density at radius 2 is 1.07 bits per heavy atom. The Bertz CT molecular complexity index is 1910. The molecule has 0 aliphatic heterocycles. The highest BCUT2D eigenvalue weighted by atomic mass is 19.4. The number of primary amides is 1. The monoisotopic (exact) mass is 773 g/mol. The first-order valence-electron chi connectivity index (χ1n) is 18.1. The van der Waals surface area contributed by atoms with Crippen LogP contribution in [0.2, 0.25) is 0 Å². The van der Waals surface area contributed by atoms with Crippen LogP contribution in [-0.2, 0) is 32.0 Å². The molecule has 0 aliphatic rings. The van der Waals surface area contributed by atoms with Crippen LogP contribution in [-0.4, -0.2) is 71.1 Å². The van der Waals surface area contributed by atoms with Crippen molar-refractivity contribution in [3.8, 4) is 11.1 Å². The van der Waals surface area contributed by atoms with Crippen molar-refractivity contribution < 1.29 is 42.3 Å². The number of rotatable bonds is 18. The number of aliphatic hydroxyl groups is 1. The van der Waals surface area contributed by atoms with Crippen molar-refractivity contribution in [3.63, 3.8) is 0 Å². The van der Waals surface area contributed by atoms with E-state index in [1.165, 1.54) is 0 Å². The van der Waals surface area contributed by atoms with Crippen molar-refractivity contribution in [2.24, 2.45) is 11.7 Å². The molecule has 14 heteroatoms. The van der Waals surface area contributed by atoms with E-state index in [2.05, 4.69) is 21.3 Å². The molecule has 5 amide bonds. The summed E-state index contributed by atoms with van der Waals surface area (Å²) >= 11 is 0. The third-order valence-electron chi connectivity index (χ3n) is 9.07. The van der Waals surface area contributed by atoms with Gasteiger partial charge in [-0.05, 0) is 46.7 Å². The highest BCUT2D eigenvalue weighted by Gasteiger charge is 2.44. The summed E-state index contributed by atoms with van der Waals surface area (Å²) in [6.07, 6.45) is -9.60. The summed E-state index contributed by atoms with van der Waals surface area (Å²) in [4.78, 5) is 66.4. The van der Waals surface area contributed by atoms with Gasteiger partial charge in [0.2, 0.25) is 23.6 Å². The second kappa shape index (κ2) is 20.1. The molecule has 11 nitrogen and oxygen atoms in total. The Morgan fingerprint density at radius 1 is 0.625 bits per heavy atom. The van der Waals surface area contributed by atoms with Crippen LogP contribution < -0.4 is 27.0 Å². The molecule has 296 valence electrons. The van der Waals surface area contributed by atoms with Crippen LogP contribution in [0.1, 0.15) is 48.2 Å². The smallest absolute Gasteiger partial charge is 0.382 e. The fourth-order valence-corrected chi connectivity index (χ4v) is 5.97. The Balaban J connectivity index is 1.57. The van der Waals surface area contributed by atoms with E-state index in [0.29, 0.717) is 16.7 Å². The largest absolute Gasteiger partial charge is 0.416 e. The molecule has 0 heterocycles. The molecule has 5 atom stereocenters. The number of halogens is 3. The standard InChI is InChI=1S/C42H46F3N5O6/c1-26(2)36(50-38(53)31-20-18-30(19-21-31)29-16-10-5-11-17-29)41(56)49-34(25-28-14-8-4-9-15-28)40(55)48-33(24-27-12-6-3-7-13-27)39(54)47-32(22-23-35(46)51)37(52)42(43,44)45/h3-21,26,32-34,36-37,52H,22-25H2,1-2H3,(H2,46,51)(H,47,54)(H,48,55)(H,49,56)(H,50,53)/t32?,33-,34?,36-,37?/m0/s1. The lowest BCUT2D eigenvalue weighted by molar-refractivity contribution is -0.212. The van der Waals surface area contributed by atoms with Crippen molar-refractivity contribution in [1.29, 1.82) is 0 Å². The second-order valence-electron chi connectivity index (χ2n) is 13.7. The molecule has 0 fully saturated rings. The Labute approximate surface area is 323 Å². The minimum atomic E-state index is -5.15. The summed E-state index contributed by atoms with van der Waals surface area (Å²) in [5, 5.41) is 20.3. The number of hydrogen-bond donors (Lipinski definition) is 6. The Morgan fingerprint density at radius 3 is 1.54 bits per heavy atom. The number of amides is 5. The maximum atomic E-state index is 14.1. The summed E-state index contributed by atoms with van der Waals surface area (Å²) in [5.41, 5.74) is 8.49. The molecular weight excluding hydrogens is 727 g/mol. The third kappa shape index (κ3) is 12.8. The first-order chi connectivity index (χ1) is 26.6. The van der Waals surface area contributed by atoms with Crippen LogP contribution in [0.3, 0.4) is 0 Å². The maximum Gasteiger partial charge on any atom is 0.416 e. The molecule has 4 aromatic carbocycles. The number of nitrogens with two attached hydrogens (primary N) is 1. The van der Waals surface area contributed by atoms with Crippen molar-refractivity contribution in [1.82, 2.24) is 21.3 Å². The summed E-state index contributed by atoms with van der Waals surface area (Å²) in [5.74, 6) is -4.49. The van der Waals surface area contributed by atoms with Crippen molar-refractivity contribution in [2.45, 2.75) is 76.0 Å². The third-order valence-corrected chi connectivity index (χ3v) is 9.07. The fourth-order valence-electron chi connectivity index (χ4n) is 5.97. The topological polar surface area (TPSA) is 180 Å². The molecule has 0 spiro atoms. The van der Waals surface area contributed by atoms with Gasteiger partial charge < -0.3 is 32.1 Å². The zero-order valence-electron chi connectivity index (χ0n) is 31.0. The number of aliphatic hydroxyl groups excluding tert-OH is 1. The lowest BCUT2D eigenvalue weighted by atomic mass is 9.99. The van der Waals surface area contributed by atoms with Gasteiger partial charge in [0.15, 0.2) is 6.10 Å². The van der Waals surface area contributed by atoms with E-state index < -0.39 is 84.7 Å². The van der Waals surface area contributed by atoms with Gasteiger partial charge in [0.1, 0.15) is 18.1 Å². The molecule has 7 N–H and O–H groups in total. The quantitative estimate of drug-likeness (QED) is 0.0881. The van der Waals surface area contributed by atoms with Gasteiger partial charge in [-0.3, -0.25) is 24.0 Å². The molecule has 4 aromatic rings. The number of benzene rings is 4. The summed E-state index contributed by atoms with van der Waals surface area (Å²) in [6.45, 7) is 3.44. The van der Waals surface area contributed by atoms with E-state index in [9.17, 15) is 42.3 Å². The van der Waals surface area contributed by atoms with Crippen LogP contribution in [0.5, 0.6) is 0 Å². The van der Waals surface area contributed by atoms with Gasteiger partial charge in [0.05, 0.1) is 6.04 Å². The van der Waals surface area contributed by atoms with E-state index in [-0.39, 0.29) is 12.8 Å². The van der Waals surface area contributed by atoms with Crippen LogP contribution in [0.15, 0.2) is 115 Å². The van der Waals surface area contributed by atoms with Crippen molar-refractivity contribution in [3.05, 3.63) is 132 Å². The van der Waals surface area contributed by atoms with E-state index in [0.717, 1.165) is 11.1 Å². The average Bonchev–Trinajstić information content (AvgIpc) is 3.18. The molecular formula is C42H46F3N5O6. The normalized spacial score (nSPS) is 14.1. The Kier molecular flexibility index (Phi) is 15.3. The van der Waals surface area contributed by atoms with Gasteiger partial charge in [-0.15, -0.1) is 0 Å². The fraction of sp³-hybridized carbons (Fsp3) is 0.310. The number of carbonyl (C=O) groups excluding carboxylic acids is 5. The summed E-state index contributed by atoms with van der Waals surface area (Å²) in [6, 6.07) is 27.6. The lowest BCUT2D eigenvalue weighted by Gasteiger charge is -2.29. The Hall–Kier alpha value is -6.02. The highest BCUT2D eigenvalue weighted by Crippen LogP contribution is 2.25. The highest BCUT2D eigenvalue weighted by molar-refractivity contribution is 5.99.